The van der Waals surface area contributed by atoms with Gasteiger partial charge < -0.3 is 20.1 Å². The van der Waals surface area contributed by atoms with E-state index in [0.717, 1.165) is 5.56 Å². The van der Waals surface area contributed by atoms with E-state index in [4.69, 9.17) is 9.47 Å². The predicted octanol–water partition coefficient (Wildman–Crippen LogP) is 1.62. The first-order chi connectivity index (χ1) is 11.3. The van der Waals surface area contributed by atoms with E-state index in [9.17, 15) is 14.4 Å². The van der Waals surface area contributed by atoms with Crippen molar-refractivity contribution < 1.29 is 23.9 Å². The molecule has 0 saturated heterocycles. The molecule has 7 heteroatoms. The molecule has 0 aliphatic rings. The van der Waals surface area contributed by atoms with Crippen LogP contribution in [0.25, 0.3) is 0 Å². The number of ether oxygens (including phenoxy) is 2. The summed E-state index contributed by atoms with van der Waals surface area (Å²) in [6.07, 6.45) is -0.683. The molecule has 1 aromatic rings. The Balaban J connectivity index is 2.11. The number of benzene rings is 1. The van der Waals surface area contributed by atoms with E-state index >= 15 is 0 Å². The van der Waals surface area contributed by atoms with Crippen LogP contribution in [0.1, 0.15) is 26.3 Å². The molecule has 0 saturated carbocycles. The van der Waals surface area contributed by atoms with E-state index in [-0.39, 0.29) is 32.3 Å². The van der Waals surface area contributed by atoms with E-state index in [1.165, 1.54) is 0 Å². The van der Waals surface area contributed by atoms with E-state index in [1.807, 2.05) is 30.3 Å². The first-order valence-corrected chi connectivity index (χ1v) is 7.61. The van der Waals surface area contributed by atoms with Gasteiger partial charge in [0.25, 0.3) is 0 Å². The third kappa shape index (κ3) is 8.28. The zero-order valence-corrected chi connectivity index (χ0v) is 14.3. The van der Waals surface area contributed by atoms with Gasteiger partial charge >= 0.3 is 6.09 Å². The lowest BCUT2D eigenvalue weighted by Crippen LogP contribution is -2.38. The summed E-state index contributed by atoms with van der Waals surface area (Å²) in [7, 11) is 0. The Morgan fingerprint density at radius 3 is 2.33 bits per heavy atom. The van der Waals surface area contributed by atoms with Crippen molar-refractivity contribution in [3.05, 3.63) is 35.9 Å². The molecule has 0 aliphatic heterocycles. The van der Waals surface area contributed by atoms with Gasteiger partial charge in [-0.1, -0.05) is 51.1 Å². The summed E-state index contributed by atoms with van der Waals surface area (Å²) in [5.74, 6) is -0.491. The molecular weight excluding hydrogens is 312 g/mol. The first kappa shape index (κ1) is 19.6. The molecule has 0 aliphatic carbocycles. The Bertz CT molecular complexity index is 552. The molecule has 132 valence electrons. The maximum absolute atomic E-state index is 11.6. The molecular formula is C17H24N2O5. The second kappa shape index (κ2) is 9.67. The minimum absolute atomic E-state index is 0.0561. The van der Waals surface area contributed by atoms with Crippen LogP contribution in [0.4, 0.5) is 4.79 Å². The van der Waals surface area contributed by atoms with E-state index in [0.29, 0.717) is 0 Å². The minimum atomic E-state index is -0.683. The molecule has 0 unspecified atom stereocenters. The number of Topliss-reactive ketones (excluding diaryl/α,β-unsaturated/α-hetero) is 1. The Kier molecular flexibility index (Phi) is 7.91. The van der Waals surface area contributed by atoms with Gasteiger partial charge in [0, 0.05) is 5.41 Å². The molecule has 2 N–H and O–H groups in total. The van der Waals surface area contributed by atoms with E-state index < -0.39 is 17.4 Å². The van der Waals surface area contributed by atoms with Crippen molar-refractivity contribution in [3.63, 3.8) is 0 Å². The summed E-state index contributed by atoms with van der Waals surface area (Å²) in [5.41, 5.74) is 0.377. The highest BCUT2D eigenvalue weighted by molar-refractivity contribution is 5.85. The molecule has 1 aromatic carbocycles. The number of nitrogens with one attached hydrogen (secondary N) is 2. The highest BCUT2D eigenvalue weighted by atomic mass is 16.5. The van der Waals surface area contributed by atoms with Crippen LogP contribution in [0.5, 0.6) is 0 Å². The number of alkyl carbamates (subject to hydrolysis) is 1. The number of ketones is 1. The summed E-state index contributed by atoms with van der Waals surface area (Å²) < 4.78 is 10.0. The monoisotopic (exact) mass is 336 g/mol. The zero-order valence-electron chi connectivity index (χ0n) is 14.3. The number of carbonyl (C=O) groups excluding carboxylic acids is 3. The lowest BCUT2D eigenvalue weighted by Gasteiger charge is -2.16. The third-order valence-electron chi connectivity index (χ3n) is 3.05. The average molecular weight is 336 g/mol. The average Bonchev–Trinajstić information content (AvgIpc) is 2.54. The number of hydrogen-bond donors (Lipinski definition) is 2. The molecule has 0 spiro atoms. The van der Waals surface area contributed by atoms with Gasteiger partial charge in [0.1, 0.15) is 26.5 Å². The van der Waals surface area contributed by atoms with E-state index in [2.05, 4.69) is 10.6 Å². The molecule has 2 amide bonds. The Morgan fingerprint density at radius 1 is 1.04 bits per heavy atom. The van der Waals surface area contributed by atoms with Crippen LogP contribution in [-0.4, -0.2) is 37.7 Å². The van der Waals surface area contributed by atoms with Gasteiger partial charge in [-0.25, -0.2) is 4.79 Å². The SMILES string of the molecule is CC(C)(C)C(=O)COCNC(=O)CNC(=O)OCc1ccccc1. The van der Waals surface area contributed by atoms with E-state index in [1.54, 1.807) is 20.8 Å². The summed E-state index contributed by atoms with van der Waals surface area (Å²) in [6, 6.07) is 9.21. The summed E-state index contributed by atoms with van der Waals surface area (Å²) in [4.78, 5) is 34.6. The maximum Gasteiger partial charge on any atom is 0.407 e. The smallest absolute Gasteiger partial charge is 0.407 e. The standard InChI is InChI=1S/C17H24N2O5/c1-17(2,3)14(20)11-23-12-19-15(21)9-18-16(22)24-10-13-7-5-4-6-8-13/h4-8H,9-12H2,1-3H3,(H,18,22)(H,19,21). The van der Waals surface area contributed by atoms with Gasteiger partial charge in [-0.3, -0.25) is 9.59 Å². The number of rotatable bonds is 8. The van der Waals surface area contributed by atoms with Crippen LogP contribution in [0.2, 0.25) is 0 Å². The number of carbonyl (C=O) groups is 3. The zero-order chi connectivity index (χ0) is 18.0. The van der Waals surface area contributed by atoms with Crippen LogP contribution in [0.3, 0.4) is 0 Å². The van der Waals surface area contributed by atoms with Gasteiger partial charge in [-0.05, 0) is 5.56 Å². The fourth-order valence-corrected chi connectivity index (χ4v) is 1.48. The van der Waals surface area contributed by atoms with Crippen molar-refractivity contribution in [2.75, 3.05) is 19.9 Å². The highest BCUT2D eigenvalue weighted by Crippen LogP contribution is 2.14. The molecule has 0 fully saturated rings. The molecule has 24 heavy (non-hydrogen) atoms. The topological polar surface area (TPSA) is 93.7 Å². The fraction of sp³-hybridized carbons (Fsp3) is 0.471. The number of amides is 2. The molecule has 0 heterocycles. The second-order valence-corrected chi connectivity index (χ2v) is 6.18. The minimum Gasteiger partial charge on any atom is -0.445 e. The van der Waals surface area contributed by atoms with Gasteiger partial charge in [0.15, 0.2) is 5.78 Å². The lowest BCUT2D eigenvalue weighted by atomic mass is 9.91. The highest BCUT2D eigenvalue weighted by Gasteiger charge is 2.20. The Hall–Kier alpha value is -2.41. The summed E-state index contributed by atoms with van der Waals surface area (Å²) in [5, 5.41) is 4.77. The van der Waals surface area contributed by atoms with Gasteiger partial charge in [0.05, 0.1) is 0 Å². The Morgan fingerprint density at radius 2 is 1.71 bits per heavy atom. The summed E-state index contributed by atoms with van der Waals surface area (Å²) in [6.45, 7) is 5.11. The van der Waals surface area contributed by atoms with Crippen LogP contribution in [0.15, 0.2) is 30.3 Å². The maximum atomic E-state index is 11.6. The molecule has 7 nitrogen and oxygen atoms in total. The Labute approximate surface area is 141 Å². The predicted molar refractivity (Wildman–Crippen MR) is 88.1 cm³/mol. The molecule has 1 rings (SSSR count). The van der Waals surface area contributed by atoms with Crippen molar-refractivity contribution in [2.45, 2.75) is 27.4 Å². The third-order valence-corrected chi connectivity index (χ3v) is 3.05. The lowest BCUT2D eigenvalue weighted by molar-refractivity contribution is -0.133. The van der Waals surface area contributed by atoms with Gasteiger partial charge in [0.2, 0.25) is 5.91 Å². The van der Waals surface area contributed by atoms with Crippen LogP contribution >= 0.6 is 0 Å². The second-order valence-electron chi connectivity index (χ2n) is 6.18. The van der Waals surface area contributed by atoms with Crippen molar-refractivity contribution in [1.82, 2.24) is 10.6 Å². The molecule has 0 bridgehead atoms. The summed E-state index contributed by atoms with van der Waals surface area (Å²) >= 11 is 0. The normalized spacial score (nSPS) is 10.8. The van der Waals surface area contributed by atoms with Crippen molar-refractivity contribution in [1.29, 1.82) is 0 Å². The van der Waals surface area contributed by atoms with Gasteiger partial charge in [-0.2, -0.15) is 0 Å². The molecule has 0 atom stereocenters. The van der Waals surface area contributed by atoms with Crippen molar-refractivity contribution in [2.24, 2.45) is 5.41 Å². The first-order valence-electron chi connectivity index (χ1n) is 7.61. The largest absolute Gasteiger partial charge is 0.445 e. The molecule has 0 radical (unpaired) electrons. The quantitative estimate of drug-likeness (QED) is 0.556. The van der Waals surface area contributed by atoms with Gasteiger partial charge in [-0.15, -0.1) is 0 Å². The van der Waals surface area contributed by atoms with Crippen LogP contribution in [-0.2, 0) is 25.7 Å². The van der Waals surface area contributed by atoms with Crippen molar-refractivity contribution >= 4 is 17.8 Å². The fourth-order valence-electron chi connectivity index (χ4n) is 1.48. The van der Waals surface area contributed by atoms with Crippen molar-refractivity contribution in [3.8, 4) is 0 Å². The number of hydrogen-bond acceptors (Lipinski definition) is 5. The van der Waals surface area contributed by atoms with Crippen LogP contribution in [0, 0.1) is 5.41 Å². The van der Waals surface area contributed by atoms with Crippen LogP contribution < -0.4 is 10.6 Å². The molecule has 0 aromatic heterocycles.